The number of hydrogen-bond acceptors (Lipinski definition) is 2. The van der Waals surface area contributed by atoms with Crippen molar-refractivity contribution in [2.45, 2.75) is 31.1 Å². The van der Waals surface area contributed by atoms with Crippen molar-refractivity contribution in [1.29, 1.82) is 0 Å². The van der Waals surface area contributed by atoms with Gasteiger partial charge in [-0.05, 0) is 88.7 Å². The van der Waals surface area contributed by atoms with Crippen LogP contribution in [-0.2, 0) is 0 Å². The Hall–Kier alpha value is -2.74. The summed E-state index contributed by atoms with van der Waals surface area (Å²) in [4.78, 5) is 0. The second kappa shape index (κ2) is 5.38. The Balaban J connectivity index is 1.72. The topological polar surface area (TPSA) is 52.0 Å². The normalized spacial score (nSPS) is 20.6. The molecule has 4 N–H and O–H groups in total. The zero-order valence-corrected chi connectivity index (χ0v) is 14.2. The molecule has 0 saturated heterocycles. The van der Waals surface area contributed by atoms with Crippen LogP contribution in [0.3, 0.4) is 0 Å². The predicted octanol–water partition coefficient (Wildman–Crippen LogP) is 5.55. The molecule has 3 aromatic rings. The summed E-state index contributed by atoms with van der Waals surface area (Å²) in [5.74, 6) is 1.42. The highest BCUT2D eigenvalue weighted by molar-refractivity contribution is 5.81. The molecule has 0 aliphatic heterocycles. The molecule has 1 fully saturated rings. The van der Waals surface area contributed by atoms with E-state index in [-0.39, 0.29) is 0 Å². The monoisotopic (exact) mass is 326 g/mol. The molecule has 2 aliphatic carbocycles. The van der Waals surface area contributed by atoms with E-state index in [4.69, 9.17) is 11.5 Å². The molecule has 25 heavy (non-hydrogen) atoms. The maximum atomic E-state index is 5.88. The summed E-state index contributed by atoms with van der Waals surface area (Å²) in [6.07, 6.45) is 3.96. The highest BCUT2D eigenvalue weighted by Crippen LogP contribution is 2.58. The maximum Gasteiger partial charge on any atom is 0.0314 e. The van der Waals surface area contributed by atoms with E-state index in [0.717, 1.165) is 11.4 Å². The molecule has 124 valence electrons. The number of fused-ring (bicyclic) bond motifs is 5. The summed E-state index contributed by atoms with van der Waals surface area (Å²) < 4.78 is 0. The Labute approximate surface area is 148 Å². The number of nitrogens with two attached hydrogens (primary N) is 2. The van der Waals surface area contributed by atoms with E-state index >= 15 is 0 Å². The van der Waals surface area contributed by atoms with Crippen molar-refractivity contribution in [1.82, 2.24) is 0 Å². The molecule has 0 amide bonds. The summed E-state index contributed by atoms with van der Waals surface area (Å²) >= 11 is 0. The van der Waals surface area contributed by atoms with E-state index in [2.05, 4.69) is 36.4 Å². The van der Waals surface area contributed by atoms with Crippen LogP contribution in [0.5, 0.6) is 0 Å². The fourth-order valence-corrected chi connectivity index (χ4v) is 4.85. The smallest absolute Gasteiger partial charge is 0.0314 e. The third kappa shape index (κ3) is 2.25. The third-order valence-electron chi connectivity index (χ3n) is 5.98. The van der Waals surface area contributed by atoms with Crippen molar-refractivity contribution in [3.8, 4) is 22.3 Å². The first-order valence-corrected chi connectivity index (χ1v) is 9.09. The van der Waals surface area contributed by atoms with Gasteiger partial charge in [-0.15, -0.1) is 0 Å². The number of nitrogen functional groups attached to an aromatic ring is 2. The van der Waals surface area contributed by atoms with Crippen LogP contribution in [0.15, 0.2) is 60.7 Å². The first-order valence-electron chi connectivity index (χ1n) is 9.09. The summed E-state index contributed by atoms with van der Waals surface area (Å²) in [6.45, 7) is 0. The van der Waals surface area contributed by atoms with Gasteiger partial charge in [0.05, 0.1) is 0 Å². The van der Waals surface area contributed by atoms with Gasteiger partial charge in [0.1, 0.15) is 0 Å². The molecule has 2 unspecified atom stereocenters. The molecule has 3 aromatic carbocycles. The van der Waals surface area contributed by atoms with Gasteiger partial charge in [0, 0.05) is 11.4 Å². The first-order chi connectivity index (χ1) is 12.2. The number of benzene rings is 3. The molecule has 2 bridgehead atoms. The molecule has 1 saturated carbocycles. The summed E-state index contributed by atoms with van der Waals surface area (Å²) in [5, 5.41) is 0. The SMILES string of the molecule is Nc1ccc(-c2ccc(-c3ccc(N)cc3)c3c2C2CCC3C2)cc1. The number of hydrogen-bond donors (Lipinski definition) is 2. The lowest BCUT2D eigenvalue weighted by Gasteiger charge is -2.23. The quantitative estimate of drug-likeness (QED) is 0.607. The third-order valence-corrected chi connectivity index (χ3v) is 5.98. The zero-order chi connectivity index (χ0) is 17.0. The fraction of sp³-hybridized carbons (Fsp3) is 0.217. The van der Waals surface area contributed by atoms with E-state index in [1.54, 1.807) is 11.1 Å². The predicted molar refractivity (Wildman–Crippen MR) is 105 cm³/mol. The molecule has 5 rings (SSSR count). The van der Waals surface area contributed by atoms with E-state index in [1.165, 1.54) is 41.5 Å². The minimum atomic E-state index is 0.710. The lowest BCUT2D eigenvalue weighted by Crippen LogP contribution is -2.03. The molecule has 2 heteroatoms. The standard InChI is InChI=1S/C23H22N2/c24-18-7-3-14(4-8-18)20-11-12-21(15-5-9-19(25)10-6-15)23-17-2-1-16(13-17)22(20)23/h3-12,16-17H,1-2,13,24-25H2. The van der Waals surface area contributed by atoms with Crippen molar-refractivity contribution in [2.24, 2.45) is 0 Å². The maximum absolute atomic E-state index is 5.88. The molecule has 0 spiro atoms. The second-order valence-electron chi connectivity index (χ2n) is 7.44. The van der Waals surface area contributed by atoms with Crippen LogP contribution in [0.4, 0.5) is 11.4 Å². The summed E-state index contributed by atoms with van der Waals surface area (Å²) in [6, 6.07) is 21.2. The number of rotatable bonds is 2. The van der Waals surface area contributed by atoms with Gasteiger partial charge in [-0.2, -0.15) is 0 Å². The van der Waals surface area contributed by atoms with E-state index in [0.29, 0.717) is 11.8 Å². The van der Waals surface area contributed by atoms with Gasteiger partial charge >= 0.3 is 0 Å². The largest absolute Gasteiger partial charge is 0.399 e. The van der Waals surface area contributed by atoms with Crippen LogP contribution in [-0.4, -0.2) is 0 Å². The minimum Gasteiger partial charge on any atom is -0.399 e. The van der Waals surface area contributed by atoms with Crippen molar-refractivity contribution >= 4 is 11.4 Å². The van der Waals surface area contributed by atoms with Crippen LogP contribution in [0, 0.1) is 0 Å². The van der Waals surface area contributed by atoms with Crippen molar-refractivity contribution in [3.05, 3.63) is 71.8 Å². The van der Waals surface area contributed by atoms with Gasteiger partial charge < -0.3 is 11.5 Å². The lowest BCUT2D eigenvalue weighted by atomic mass is 9.81. The Kier molecular flexibility index (Phi) is 3.14. The van der Waals surface area contributed by atoms with Gasteiger partial charge in [-0.25, -0.2) is 0 Å². The molecular formula is C23H22N2. The first kappa shape index (κ1) is 14.6. The van der Waals surface area contributed by atoms with Crippen LogP contribution < -0.4 is 11.5 Å². The van der Waals surface area contributed by atoms with Crippen molar-refractivity contribution in [2.75, 3.05) is 11.5 Å². The Morgan fingerprint density at radius 2 is 0.960 bits per heavy atom. The van der Waals surface area contributed by atoms with Crippen LogP contribution in [0.25, 0.3) is 22.3 Å². The van der Waals surface area contributed by atoms with Gasteiger partial charge in [0.25, 0.3) is 0 Å². The van der Waals surface area contributed by atoms with E-state index < -0.39 is 0 Å². The average Bonchev–Trinajstić information content (AvgIpc) is 3.25. The van der Waals surface area contributed by atoms with Gasteiger partial charge in [0.2, 0.25) is 0 Å². The highest BCUT2D eigenvalue weighted by atomic mass is 14.5. The second-order valence-corrected chi connectivity index (χ2v) is 7.44. The van der Waals surface area contributed by atoms with Gasteiger partial charge in [0.15, 0.2) is 0 Å². The Bertz CT molecular complexity index is 861. The number of anilines is 2. The molecule has 0 heterocycles. The molecule has 2 aliphatic rings. The van der Waals surface area contributed by atoms with E-state index in [9.17, 15) is 0 Å². The Morgan fingerprint density at radius 1 is 0.560 bits per heavy atom. The van der Waals surface area contributed by atoms with Gasteiger partial charge in [-0.1, -0.05) is 36.4 Å². The van der Waals surface area contributed by atoms with Crippen LogP contribution >= 0.6 is 0 Å². The molecule has 2 nitrogen and oxygen atoms in total. The molecular weight excluding hydrogens is 304 g/mol. The lowest BCUT2D eigenvalue weighted by molar-refractivity contribution is 0.720. The van der Waals surface area contributed by atoms with Crippen LogP contribution in [0.2, 0.25) is 0 Å². The highest BCUT2D eigenvalue weighted by Gasteiger charge is 2.40. The molecule has 0 aromatic heterocycles. The fourth-order valence-electron chi connectivity index (χ4n) is 4.85. The summed E-state index contributed by atoms with van der Waals surface area (Å²) in [7, 11) is 0. The molecule has 0 radical (unpaired) electrons. The van der Waals surface area contributed by atoms with Crippen molar-refractivity contribution in [3.63, 3.8) is 0 Å². The van der Waals surface area contributed by atoms with Gasteiger partial charge in [-0.3, -0.25) is 0 Å². The average molecular weight is 326 g/mol. The van der Waals surface area contributed by atoms with Crippen molar-refractivity contribution < 1.29 is 0 Å². The summed E-state index contributed by atoms with van der Waals surface area (Å²) in [5.41, 5.74) is 21.9. The minimum absolute atomic E-state index is 0.710. The Morgan fingerprint density at radius 3 is 1.36 bits per heavy atom. The van der Waals surface area contributed by atoms with Crippen LogP contribution in [0.1, 0.15) is 42.2 Å². The molecule has 2 atom stereocenters. The zero-order valence-electron chi connectivity index (χ0n) is 14.2. The van der Waals surface area contributed by atoms with E-state index in [1.807, 2.05) is 24.3 Å².